The number of nitrogens with zero attached hydrogens (tertiary/aromatic N) is 4. The Morgan fingerprint density at radius 2 is 1.75 bits per heavy atom. The highest BCUT2D eigenvalue weighted by Crippen LogP contribution is 2.34. The summed E-state index contributed by atoms with van der Waals surface area (Å²) < 4.78 is 7.43. The van der Waals surface area contributed by atoms with Gasteiger partial charge in [0.15, 0.2) is 6.10 Å². The first-order chi connectivity index (χ1) is 15.6. The highest BCUT2D eigenvalue weighted by molar-refractivity contribution is 5.97. The van der Waals surface area contributed by atoms with Gasteiger partial charge >= 0.3 is 0 Å². The molecule has 1 fully saturated rings. The van der Waals surface area contributed by atoms with E-state index >= 15 is 0 Å². The lowest BCUT2D eigenvalue weighted by molar-refractivity contribution is -0.139. The molecule has 8 nitrogen and oxygen atoms in total. The van der Waals surface area contributed by atoms with Gasteiger partial charge in [0, 0.05) is 13.1 Å². The minimum atomic E-state index is -0.766. The molecule has 32 heavy (non-hydrogen) atoms. The van der Waals surface area contributed by atoms with Gasteiger partial charge in [-0.15, -0.1) is 0 Å². The molecule has 3 aromatic rings. The predicted molar refractivity (Wildman–Crippen MR) is 120 cm³/mol. The van der Waals surface area contributed by atoms with E-state index in [0.29, 0.717) is 35.6 Å². The first kappa shape index (κ1) is 20.2. The van der Waals surface area contributed by atoms with Crippen LogP contribution in [0.3, 0.4) is 0 Å². The zero-order valence-electron chi connectivity index (χ0n) is 17.6. The van der Waals surface area contributed by atoms with Crippen molar-refractivity contribution in [2.24, 2.45) is 0 Å². The number of ether oxygens (including phenoxy) is 1. The van der Waals surface area contributed by atoms with Crippen molar-refractivity contribution in [2.45, 2.75) is 31.9 Å². The number of fused-ring (bicyclic) bond motifs is 2. The van der Waals surface area contributed by atoms with Gasteiger partial charge in [0.1, 0.15) is 12.3 Å². The summed E-state index contributed by atoms with van der Waals surface area (Å²) in [7, 11) is 0. The molecule has 2 aliphatic heterocycles. The average molecular weight is 432 g/mol. The Labute approximate surface area is 185 Å². The third-order valence-corrected chi connectivity index (χ3v) is 6.06. The molecule has 2 amide bonds. The van der Waals surface area contributed by atoms with E-state index in [2.05, 4.69) is 4.98 Å². The molecule has 0 unspecified atom stereocenters. The first-order valence-electron chi connectivity index (χ1n) is 10.9. The van der Waals surface area contributed by atoms with E-state index in [-0.39, 0.29) is 30.5 Å². The lowest BCUT2D eigenvalue weighted by Gasteiger charge is -2.37. The predicted octanol–water partition coefficient (Wildman–Crippen LogP) is 2.20. The van der Waals surface area contributed by atoms with Crippen molar-refractivity contribution in [3.8, 4) is 5.75 Å². The molecule has 5 rings (SSSR count). The molecule has 1 aromatic heterocycles. The Morgan fingerprint density at radius 1 is 1.00 bits per heavy atom. The number of hydrogen-bond acceptors (Lipinski definition) is 5. The van der Waals surface area contributed by atoms with Crippen molar-refractivity contribution in [1.82, 2.24) is 14.5 Å². The SMILES string of the molecule is O=C([C@H]1CN(C(=O)Cn2c(=O)cnc3ccccc32)c2ccccc2O1)N1CCCCC1. The number of rotatable bonds is 3. The first-order valence-corrected chi connectivity index (χ1v) is 10.9. The fourth-order valence-electron chi connectivity index (χ4n) is 4.42. The molecule has 3 heterocycles. The maximum Gasteiger partial charge on any atom is 0.269 e. The van der Waals surface area contributed by atoms with E-state index < -0.39 is 6.10 Å². The molecular weight excluding hydrogens is 408 g/mol. The smallest absolute Gasteiger partial charge is 0.269 e. The molecule has 8 heteroatoms. The number of carbonyl (C=O) groups excluding carboxylic acids is 2. The maximum absolute atomic E-state index is 13.4. The number of aromatic nitrogens is 2. The Balaban J connectivity index is 1.45. The molecule has 0 radical (unpaired) electrons. The lowest BCUT2D eigenvalue weighted by atomic mass is 10.1. The number of likely N-dealkylation sites (tertiary alicyclic amines) is 1. The fraction of sp³-hybridized carbons (Fsp3) is 0.333. The molecule has 1 saturated heterocycles. The molecule has 1 atom stereocenters. The Kier molecular flexibility index (Phi) is 5.34. The number of para-hydroxylation sites is 4. The molecule has 0 saturated carbocycles. The van der Waals surface area contributed by atoms with Gasteiger partial charge < -0.3 is 14.5 Å². The van der Waals surface area contributed by atoms with Crippen LogP contribution in [0.2, 0.25) is 0 Å². The lowest BCUT2D eigenvalue weighted by Crippen LogP contribution is -2.53. The average Bonchev–Trinajstić information content (AvgIpc) is 2.85. The van der Waals surface area contributed by atoms with Gasteiger partial charge in [-0.25, -0.2) is 4.98 Å². The maximum atomic E-state index is 13.4. The molecule has 0 bridgehead atoms. The number of hydrogen-bond donors (Lipinski definition) is 0. The molecule has 2 aromatic carbocycles. The van der Waals surface area contributed by atoms with E-state index in [4.69, 9.17) is 4.74 Å². The zero-order valence-corrected chi connectivity index (χ0v) is 17.6. The van der Waals surface area contributed by atoms with Gasteiger partial charge in [0.2, 0.25) is 5.91 Å². The summed E-state index contributed by atoms with van der Waals surface area (Å²) >= 11 is 0. The Hall–Kier alpha value is -3.68. The van der Waals surface area contributed by atoms with Gasteiger partial charge in [-0.05, 0) is 43.5 Å². The van der Waals surface area contributed by atoms with Crippen molar-refractivity contribution in [2.75, 3.05) is 24.5 Å². The highest BCUT2D eigenvalue weighted by Gasteiger charge is 2.36. The third kappa shape index (κ3) is 3.72. The van der Waals surface area contributed by atoms with Crippen LogP contribution in [0, 0.1) is 0 Å². The number of anilines is 1. The minimum Gasteiger partial charge on any atom is -0.476 e. The van der Waals surface area contributed by atoms with Gasteiger partial charge in [0.25, 0.3) is 11.5 Å². The van der Waals surface area contributed by atoms with Crippen molar-refractivity contribution >= 4 is 28.5 Å². The summed E-state index contributed by atoms with van der Waals surface area (Å²) in [5.41, 5.74) is 1.49. The Morgan fingerprint density at radius 3 is 2.59 bits per heavy atom. The standard InChI is InChI=1S/C24H24N4O4/c29-22-14-25-17-8-2-3-9-18(17)28(22)16-23(30)27-15-21(24(31)26-12-6-1-7-13-26)32-20-11-5-4-10-19(20)27/h2-5,8-11,14,21H,1,6-7,12-13,15-16H2/t21-/m1/s1. The second-order valence-corrected chi connectivity index (χ2v) is 8.14. The van der Waals surface area contributed by atoms with Crippen molar-refractivity contribution in [1.29, 1.82) is 0 Å². The molecule has 2 aliphatic rings. The summed E-state index contributed by atoms with van der Waals surface area (Å²) in [5, 5.41) is 0. The number of benzene rings is 2. The summed E-state index contributed by atoms with van der Waals surface area (Å²) in [4.78, 5) is 46.6. The van der Waals surface area contributed by atoms with Crippen LogP contribution >= 0.6 is 0 Å². The van der Waals surface area contributed by atoms with Crippen LogP contribution in [0.1, 0.15) is 19.3 Å². The summed E-state index contributed by atoms with van der Waals surface area (Å²) in [6.07, 6.45) is 3.55. The van der Waals surface area contributed by atoms with Crippen LogP contribution < -0.4 is 15.2 Å². The van der Waals surface area contributed by atoms with E-state index in [0.717, 1.165) is 19.3 Å². The minimum absolute atomic E-state index is 0.0940. The van der Waals surface area contributed by atoms with Crippen LogP contribution in [0.4, 0.5) is 5.69 Å². The molecule has 0 N–H and O–H groups in total. The van der Waals surface area contributed by atoms with E-state index in [1.807, 2.05) is 29.2 Å². The van der Waals surface area contributed by atoms with Crippen LogP contribution in [0.15, 0.2) is 59.5 Å². The van der Waals surface area contributed by atoms with Crippen molar-refractivity contribution in [3.05, 3.63) is 65.1 Å². The highest BCUT2D eigenvalue weighted by atomic mass is 16.5. The van der Waals surface area contributed by atoms with E-state index in [1.165, 1.54) is 10.8 Å². The van der Waals surface area contributed by atoms with Gasteiger partial charge in [0.05, 0.1) is 29.5 Å². The van der Waals surface area contributed by atoms with E-state index in [9.17, 15) is 14.4 Å². The van der Waals surface area contributed by atoms with E-state index in [1.54, 1.807) is 29.2 Å². The molecular formula is C24H24N4O4. The van der Waals surface area contributed by atoms with Crippen LogP contribution in [-0.2, 0) is 16.1 Å². The number of amides is 2. The second-order valence-electron chi connectivity index (χ2n) is 8.14. The monoisotopic (exact) mass is 432 g/mol. The van der Waals surface area contributed by atoms with Crippen LogP contribution in [0.5, 0.6) is 5.75 Å². The largest absolute Gasteiger partial charge is 0.476 e. The topological polar surface area (TPSA) is 84.7 Å². The van der Waals surface area contributed by atoms with Crippen LogP contribution in [0.25, 0.3) is 11.0 Å². The second kappa shape index (κ2) is 8.45. The quantitative estimate of drug-likeness (QED) is 0.634. The summed E-state index contributed by atoms with van der Waals surface area (Å²) in [5.74, 6) is 0.119. The van der Waals surface area contributed by atoms with Gasteiger partial charge in [-0.3, -0.25) is 19.0 Å². The van der Waals surface area contributed by atoms with Gasteiger partial charge in [-0.1, -0.05) is 24.3 Å². The molecule has 164 valence electrons. The fourth-order valence-corrected chi connectivity index (χ4v) is 4.42. The number of piperidine rings is 1. The Bertz CT molecular complexity index is 1230. The number of carbonyl (C=O) groups is 2. The molecule has 0 spiro atoms. The van der Waals surface area contributed by atoms with Crippen LogP contribution in [-0.4, -0.2) is 52.0 Å². The summed E-state index contributed by atoms with van der Waals surface area (Å²) in [6.45, 7) is 1.39. The summed E-state index contributed by atoms with van der Waals surface area (Å²) in [6, 6.07) is 14.4. The zero-order chi connectivity index (χ0) is 22.1. The van der Waals surface area contributed by atoms with Gasteiger partial charge in [-0.2, -0.15) is 0 Å². The van der Waals surface area contributed by atoms with Crippen molar-refractivity contribution in [3.63, 3.8) is 0 Å². The van der Waals surface area contributed by atoms with Crippen molar-refractivity contribution < 1.29 is 14.3 Å². The molecule has 0 aliphatic carbocycles. The third-order valence-electron chi connectivity index (χ3n) is 6.06. The normalized spacial score (nSPS) is 18.2.